The van der Waals surface area contributed by atoms with Gasteiger partial charge in [0, 0.05) is 26.1 Å². The fourth-order valence-corrected chi connectivity index (χ4v) is 10.1. The van der Waals surface area contributed by atoms with Gasteiger partial charge in [-0.15, -0.1) is 0 Å². The highest BCUT2D eigenvalue weighted by Gasteiger charge is 2.60. The maximum atomic E-state index is 13.7. The number of amides is 1. The molecule has 4 heteroatoms. The quantitative estimate of drug-likeness (QED) is 0.232. The van der Waals surface area contributed by atoms with Crippen LogP contribution in [0.5, 0.6) is 0 Å². The monoisotopic (exact) mass is 528 g/mol. The standard InChI is InChI=1S/C34H60N2O2/c1-9-35(10-2)36(11-3)31(37)34(38)22-21-32(7)26(23-34)15-16-27-29-18-17-28(25(6)14-12-13-24(4)5)33(29,8)20-19-30(27)32/h15,24-25,27-30,38H,9-14,16-23H2,1-8H3/t25-,27+,28-,29+,30+,32+,33-,34?/m1/s1. The summed E-state index contributed by atoms with van der Waals surface area (Å²) in [5, 5.41) is 15.6. The maximum Gasteiger partial charge on any atom is 0.269 e. The molecular formula is C34H60N2O2. The van der Waals surface area contributed by atoms with Gasteiger partial charge in [-0.25, -0.2) is 5.01 Å². The topological polar surface area (TPSA) is 43.8 Å². The Morgan fingerprint density at radius 1 is 0.974 bits per heavy atom. The van der Waals surface area contributed by atoms with E-state index in [-0.39, 0.29) is 11.3 Å². The lowest BCUT2D eigenvalue weighted by atomic mass is 9.46. The molecule has 0 aromatic carbocycles. The van der Waals surface area contributed by atoms with Gasteiger partial charge in [0.05, 0.1) is 0 Å². The molecule has 4 aliphatic rings. The molecule has 0 aromatic heterocycles. The van der Waals surface area contributed by atoms with Crippen LogP contribution >= 0.6 is 0 Å². The normalized spacial score (nSPS) is 39.4. The third-order valence-corrected chi connectivity index (χ3v) is 12.4. The Morgan fingerprint density at radius 2 is 1.68 bits per heavy atom. The van der Waals surface area contributed by atoms with Gasteiger partial charge in [0.1, 0.15) is 5.60 Å². The second-order valence-electron chi connectivity index (χ2n) is 14.7. The third-order valence-electron chi connectivity index (χ3n) is 12.4. The molecule has 0 bridgehead atoms. The zero-order chi connectivity index (χ0) is 27.9. The minimum atomic E-state index is -1.26. The van der Waals surface area contributed by atoms with Gasteiger partial charge in [-0.1, -0.05) is 79.4 Å². The number of carbonyl (C=O) groups excluding carboxylic acids is 1. The van der Waals surface area contributed by atoms with Crippen molar-refractivity contribution in [2.24, 2.45) is 46.3 Å². The van der Waals surface area contributed by atoms with Crippen molar-refractivity contribution in [2.45, 2.75) is 132 Å². The summed E-state index contributed by atoms with van der Waals surface area (Å²) in [6.45, 7) is 20.8. The number of likely N-dealkylation sites (N-methyl/N-ethyl adjacent to an activating group) is 1. The van der Waals surface area contributed by atoms with Crippen molar-refractivity contribution >= 4 is 5.91 Å². The van der Waals surface area contributed by atoms with Crippen LogP contribution in [0.4, 0.5) is 0 Å². The first-order valence-corrected chi connectivity index (χ1v) is 16.4. The van der Waals surface area contributed by atoms with Crippen LogP contribution in [0, 0.1) is 46.3 Å². The SMILES string of the molecule is CCN(CC)N(CC)C(=O)C1(O)CC[C@@]2(C)C(=CC[C@H]3[C@@H]4CC[C@H]([C@H](C)CCCC(C)C)[C@@]4(C)CC[C@@H]32)C1. The number of hydrogen-bond acceptors (Lipinski definition) is 3. The minimum absolute atomic E-state index is 0.0879. The van der Waals surface area contributed by atoms with Crippen molar-refractivity contribution in [3.63, 3.8) is 0 Å². The van der Waals surface area contributed by atoms with Gasteiger partial charge in [0.15, 0.2) is 0 Å². The minimum Gasteiger partial charge on any atom is -0.380 e. The Hall–Kier alpha value is -0.870. The number of hydrogen-bond donors (Lipinski definition) is 1. The molecule has 1 amide bonds. The smallest absolute Gasteiger partial charge is 0.269 e. The van der Waals surface area contributed by atoms with Gasteiger partial charge < -0.3 is 5.11 Å². The molecule has 4 aliphatic carbocycles. The molecule has 3 fully saturated rings. The van der Waals surface area contributed by atoms with E-state index in [1.807, 2.05) is 11.9 Å². The summed E-state index contributed by atoms with van der Waals surface area (Å²) in [5.41, 5.74) is 0.765. The van der Waals surface area contributed by atoms with E-state index in [1.165, 1.54) is 50.5 Å². The Morgan fingerprint density at radius 3 is 2.32 bits per heavy atom. The van der Waals surface area contributed by atoms with Crippen LogP contribution in [0.3, 0.4) is 0 Å². The van der Waals surface area contributed by atoms with E-state index >= 15 is 0 Å². The number of nitrogens with zero attached hydrogens (tertiary/aromatic N) is 2. The third kappa shape index (κ3) is 5.15. The van der Waals surface area contributed by atoms with E-state index in [1.54, 1.807) is 0 Å². The van der Waals surface area contributed by atoms with Crippen LogP contribution in [0.2, 0.25) is 0 Å². The fraction of sp³-hybridized carbons (Fsp3) is 0.912. The molecule has 0 aromatic rings. The summed E-state index contributed by atoms with van der Waals surface area (Å²) in [6.07, 6.45) is 15.4. The second-order valence-corrected chi connectivity index (χ2v) is 14.7. The molecule has 218 valence electrons. The molecule has 38 heavy (non-hydrogen) atoms. The lowest BCUT2D eigenvalue weighted by Crippen LogP contribution is -2.59. The summed E-state index contributed by atoms with van der Waals surface area (Å²) in [7, 11) is 0. The molecule has 1 N–H and O–H groups in total. The first-order chi connectivity index (χ1) is 17.9. The van der Waals surface area contributed by atoms with E-state index in [0.29, 0.717) is 30.7 Å². The summed E-state index contributed by atoms with van der Waals surface area (Å²) >= 11 is 0. The highest BCUT2D eigenvalue weighted by atomic mass is 16.3. The molecule has 8 atom stereocenters. The van der Waals surface area contributed by atoms with Crippen LogP contribution in [0.1, 0.15) is 126 Å². The summed E-state index contributed by atoms with van der Waals surface area (Å²) in [5.74, 6) is 4.78. The molecule has 3 saturated carbocycles. The summed E-state index contributed by atoms with van der Waals surface area (Å²) in [4.78, 5) is 13.7. The number of carbonyl (C=O) groups is 1. The molecule has 4 nitrogen and oxygen atoms in total. The lowest BCUT2D eigenvalue weighted by molar-refractivity contribution is -0.173. The number of fused-ring (bicyclic) bond motifs is 5. The zero-order valence-corrected chi connectivity index (χ0v) is 26.2. The van der Waals surface area contributed by atoms with Crippen LogP contribution in [-0.2, 0) is 4.79 Å². The lowest BCUT2D eigenvalue weighted by Gasteiger charge is -2.59. The Balaban J connectivity index is 1.49. The molecule has 0 heterocycles. The van der Waals surface area contributed by atoms with Crippen LogP contribution < -0.4 is 0 Å². The van der Waals surface area contributed by atoms with E-state index in [0.717, 1.165) is 55.5 Å². The molecule has 1 unspecified atom stereocenters. The van der Waals surface area contributed by atoms with E-state index < -0.39 is 5.60 Å². The van der Waals surface area contributed by atoms with Gasteiger partial charge in [-0.2, -0.15) is 0 Å². The van der Waals surface area contributed by atoms with Gasteiger partial charge in [0.25, 0.3) is 5.91 Å². The highest BCUT2D eigenvalue weighted by molar-refractivity contribution is 5.85. The van der Waals surface area contributed by atoms with Crippen molar-refractivity contribution in [1.29, 1.82) is 0 Å². The first kappa shape index (κ1) is 30.1. The average molecular weight is 529 g/mol. The van der Waals surface area contributed by atoms with Gasteiger partial charge >= 0.3 is 0 Å². The first-order valence-electron chi connectivity index (χ1n) is 16.4. The van der Waals surface area contributed by atoms with Crippen molar-refractivity contribution in [2.75, 3.05) is 19.6 Å². The van der Waals surface area contributed by atoms with Crippen molar-refractivity contribution in [3.8, 4) is 0 Å². The predicted octanol–water partition coefficient (Wildman–Crippen LogP) is 7.86. The van der Waals surface area contributed by atoms with E-state index in [2.05, 4.69) is 59.6 Å². The van der Waals surface area contributed by atoms with Crippen LogP contribution in [0.15, 0.2) is 11.6 Å². The number of allylic oxidation sites excluding steroid dienone is 1. The largest absolute Gasteiger partial charge is 0.380 e. The highest BCUT2D eigenvalue weighted by Crippen LogP contribution is 2.67. The van der Waals surface area contributed by atoms with E-state index in [4.69, 9.17) is 0 Å². The fourth-order valence-electron chi connectivity index (χ4n) is 10.1. The molecular weight excluding hydrogens is 468 g/mol. The van der Waals surface area contributed by atoms with Crippen LogP contribution in [0.25, 0.3) is 0 Å². The number of aliphatic hydroxyl groups is 1. The molecule has 0 aliphatic heterocycles. The Labute approximate surface area is 235 Å². The van der Waals surface area contributed by atoms with Gasteiger partial charge in [-0.05, 0) is 98.2 Å². The van der Waals surface area contributed by atoms with Crippen molar-refractivity contribution < 1.29 is 9.90 Å². The van der Waals surface area contributed by atoms with Crippen molar-refractivity contribution in [3.05, 3.63) is 11.6 Å². The average Bonchev–Trinajstić information content (AvgIpc) is 3.24. The molecule has 0 spiro atoms. The molecule has 0 radical (unpaired) electrons. The Kier molecular flexibility index (Phi) is 9.15. The van der Waals surface area contributed by atoms with Crippen LogP contribution in [-0.4, -0.2) is 46.3 Å². The summed E-state index contributed by atoms with van der Waals surface area (Å²) < 4.78 is 0. The van der Waals surface area contributed by atoms with Gasteiger partial charge in [0.2, 0.25) is 0 Å². The summed E-state index contributed by atoms with van der Waals surface area (Å²) in [6, 6.07) is 0. The second kappa shape index (κ2) is 11.6. The Bertz CT molecular complexity index is 865. The number of hydrazine groups is 1. The molecule has 4 rings (SSSR count). The van der Waals surface area contributed by atoms with Crippen molar-refractivity contribution in [1.82, 2.24) is 10.0 Å². The molecule has 0 saturated heterocycles. The maximum absolute atomic E-state index is 13.7. The zero-order valence-electron chi connectivity index (χ0n) is 26.2. The number of rotatable bonds is 10. The van der Waals surface area contributed by atoms with E-state index in [9.17, 15) is 9.90 Å². The van der Waals surface area contributed by atoms with Gasteiger partial charge in [-0.3, -0.25) is 9.80 Å². The predicted molar refractivity (Wildman–Crippen MR) is 158 cm³/mol.